The molecule has 5 heteroatoms. The summed E-state index contributed by atoms with van der Waals surface area (Å²) in [5.74, 6) is 1.00. The van der Waals surface area contributed by atoms with Gasteiger partial charge in [0.2, 0.25) is 0 Å². The summed E-state index contributed by atoms with van der Waals surface area (Å²) in [5.41, 5.74) is 8.06. The molecule has 12 aromatic rings. The standard InChI is InChI=1S/C57H36N4S/c1-4-16-37(17-5-1)40-22-14-23-43(34-40)56-58-55(39-20-8-3-9-21-39)59-57(60-56)48-32-30-42(36-52(48)61-50-28-12-10-24-45(50)46-25-11-13-29-51(46)61)41-31-33-53-49(35-41)47-27-15-26-44(54(47)62-53)38-18-6-2-7-19-38/h1-36H/i10D,11D,12D,13D,24D,25D,28D,29D. The Hall–Kier alpha value is -7.99. The molecule has 0 radical (unpaired) electrons. The lowest BCUT2D eigenvalue weighted by Gasteiger charge is -2.16. The van der Waals surface area contributed by atoms with Crippen molar-refractivity contribution in [1.29, 1.82) is 0 Å². The predicted molar refractivity (Wildman–Crippen MR) is 260 cm³/mol. The fourth-order valence-corrected chi connectivity index (χ4v) is 9.60. The molecule has 9 aromatic carbocycles. The molecule has 0 spiro atoms. The summed E-state index contributed by atoms with van der Waals surface area (Å²) < 4.78 is 76.4. The molecule has 290 valence electrons. The van der Waals surface area contributed by atoms with Crippen LogP contribution in [0.5, 0.6) is 0 Å². The molecule has 0 atom stereocenters. The molecule has 12 rings (SSSR count). The minimum Gasteiger partial charge on any atom is -0.308 e. The van der Waals surface area contributed by atoms with Gasteiger partial charge in [-0.15, -0.1) is 11.3 Å². The van der Waals surface area contributed by atoms with Gasteiger partial charge >= 0.3 is 0 Å². The highest BCUT2D eigenvalue weighted by molar-refractivity contribution is 7.26. The Morgan fingerprint density at radius 1 is 0.371 bits per heavy atom. The number of thiophene rings is 1. The molecule has 0 aliphatic rings. The smallest absolute Gasteiger partial charge is 0.166 e. The summed E-state index contributed by atoms with van der Waals surface area (Å²) >= 11 is 1.73. The van der Waals surface area contributed by atoms with E-state index < -0.39 is 48.3 Å². The van der Waals surface area contributed by atoms with E-state index in [0.717, 1.165) is 60.0 Å². The monoisotopic (exact) mass is 816 g/mol. The lowest BCUT2D eigenvalue weighted by molar-refractivity contribution is 1.06. The van der Waals surface area contributed by atoms with Gasteiger partial charge < -0.3 is 4.57 Å². The minimum absolute atomic E-state index is 0.00718. The van der Waals surface area contributed by atoms with Gasteiger partial charge in [0.05, 0.1) is 27.7 Å². The van der Waals surface area contributed by atoms with E-state index in [1.807, 2.05) is 121 Å². The largest absolute Gasteiger partial charge is 0.308 e. The van der Waals surface area contributed by atoms with Crippen molar-refractivity contribution in [3.05, 3.63) is 218 Å². The van der Waals surface area contributed by atoms with Crippen LogP contribution in [0, 0.1) is 0 Å². The molecule has 0 aliphatic carbocycles. The average molecular weight is 817 g/mol. The van der Waals surface area contributed by atoms with Gasteiger partial charge in [-0.05, 0) is 75.8 Å². The molecular formula is C57H36N4S. The Bertz CT molecular complexity index is 4030. The highest BCUT2D eigenvalue weighted by Gasteiger charge is 2.21. The summed E-state index contributed by atoms with van der Waals surface area (Å²) in [7, 11) is 0. The highest BCUT2D eigenvalue weighted by Crippen LogP contribution is 2.43. The second-order valence-corrected chi connectivity index (χ2v) is 16.0. The third kappa shape index (κ3) is 6.18. The molecule has 3 aromatic heterocycles. The first-order valence-electron chi connectivity index (χ1n) is 24.2. The van der Waals surface area contributed by atoms with Gasteiger partial charge in [-0.3, -0.25) is 0 Å². The van der Waals surface area contributed by atoms with Crippen LogP contribution in [0.3, 0.4) is 0 Å². The Morgan fingerprint density at radius 3 is 1.65 bits per heavy atom. The van der Waals surface area contributed by atoms with E-state index in [0.29, 0.717) is 22.9 Å². The molecule has 0 bridgehead atoms. The summed E-state index contributed by atoms with van der Waals surface area (Å²) in [6.45, 7) is 0. The second-order valence-electron chi connectivity index (χ2n) is 15.0. The summed E-state index contributed by atoms with van der Waals surface area (Å²) in [4.78, 5) is 15.3. The van der Waals surface area contributed by atoms with Crippen molar-refractivity contribution in [3.63, 3.8) is 0 Å². The van der Waals surface area contributed by atoms with Crippen molar-refractivity contribution >= 4 is 53.3 Å². The van der Waals surface area contributed by atoms with Crippen molar-refractivity contribution < 1.29 is 11.0 Å². The zero-order chi connectivity index (χ0) is 47.9. The maximum Gasteiger partial charge on any atom is 0.166 e. The van der Waals surface area contributed by atoms with Gasteiger partial charge in [-0.25, -0.2) is 15.0 Å². The van der Waals surface area contributed by atoms with Gasteiger partial charge in [0.15, 0.2) is 17.5 Å². The van der Waals surface area contributed by atoms with E-state index in [1.54, 1.807) is 15.9 Å². The van der Waals surface area contributed by atoms with Crippen LogP contribution in [0.15, 0.2) is 218 Å². The third-order valence-corrected chi connectivity index (χ3v) is 12.5. The average Bonchev–Trinajstić information content (AvgIpc) is 3.98. The van der Waals surface area contributed by atoms with Crippen LogP contribution in [0.25, 0.3) is 115 Å². The van der Waals surface area contributed by atoms with Gasteiger partial charge in [-0.2, -0.15) is 0 Å². The number of para-hydroxylation sites is 2. The summed E-state index contributed by atoms with van der Waals surface area (Å²) in [6, 6.07) is 52.6. The third-order valence-electron chi connectivity index (χ3n) is 11.3. The molecule has 0 aliphatic heterocycles. The number of aromatic nitrogens is 4. The highest BCUT2D eigenvalue weighted by atomic mass is 32.1. The van der Waals surface area contributed by atoms with Gasteiger partial charge in [0.1, 0.15) is 0 Å². The van der Waals surface area contributed by atoms with Crippen molar-refractivity contribution in [2.75, 3.05) is 0 Å². The summed E-state index contributed by atoms with van der Waals surface area (Å²) in [6.07, 6.45) is 0. The first-order valence-corrected chi connectivity index (χ1v) is 21.0. The van der Waals surface area contributed by atoms with E-state index in [1.165, 1.54) is 4.70 Å². The minimum atomic E-state index is -0.517. The molecule has 3 heterocycles. The Balaban J connectivity index is 1.17. The number of rotatable bonds is 7. The van der Waals surface area contributed by atoms with Crippen LogP contribution in [-0.2, 0) is 0 Å². The lowest BCUT2D eigenvalue weighted by Crippen LogP contribution is -2.04. The van der Waals surface area contributed by atoms with E-state index in [4.69, 9.17) is 20.4 Å². The SMILES string of the molecule is [2H]c1c([2H])c([2H])c2c(c1[2H])c1c([2H])c([2H])c([2H])c([2H])c1n2-c1cc(-c2ccc3sc4c(-c5ccccc5)cccc4c3c2)ccc1-c1nc(-c2ccccc2)nc(-c2cccc(-c3ccccc3)c2)n1. The molecule has 0 saturated carbocycles. The first kappa shape index (κ1) is 28.5. The molecular weight excluding hydrogens is 773 g/mol. The molecule has 4 nitrogen and oxygen atoms in total. The van der Waals surface area contributed by atoms with E-state index >= 15 is 0 Å². The quantitative estimate of drug-likeness (QED) is 0.161. The van der Waals surface area contributed by atoms with E-state index in [2.05, 4.69) is 48.5 Å². The van der Waals surface area contributed by atoms with Gasteiger partial charge in [0.25, 0.3) is 0 Å². The molecule has 62 heavy (non-hydrogen) atoms. The number of nitrogens with zero attached hydrogens (tertiary/aromatic N) is 4. The van der Waals surface area contributed by atoms with Gasteiger partial charge in [0, 0.05) is 47.6 Å². The van der Waals surface area contributed by atoms with E-state index in [-0.39, 0.29) is 27.6 Å². The number of benzene rings is 9. The Kier molecular flexibility index (Phi) is 6.86. The first-order chi connectivity index (χ1) is 34.0. The predicted octanol–water partition coefficient (Wildman–Crippen LogP) is 15.3. The van der Waals surface area contributed by atoms with Crippen LogP contribution in [-0.4, -0.2) is 19.5 Å². The van der Waals surface area contributed by atoms with Crippen LogP contribution in [0.4, 0.5) is 0 Å². The fourth-order valence-electron chi connectivity index (χ4n) is 8.38. The van der Waals surface area contributed by atoms with Crippen molar-refractivity contribution in [2.45, 2.75) is 0 Å². The molecule has 0 saturated heterocycles. The maximum absolute atomic E-state index is 9.43. The van der Waals surface area contributed by atoms with Crippen molar-refractivity contribution in [3.8, 4) is 73.2 Å². The van der Waals surface area contributed by atoms with Crippen molar-refractivity contribution in [2.24, 2.45) is 0 Å². The fraction of sp³-hybridized carbons (Fsp3) is 0. The normalized spacial score (nSPS) is 13.4. The second kappa shape index (κ2) is 14.9. The van der Waals surface area contributed by atoms with Crippen LogP contribution < -0.4 is 0 Å². The maximum atomic E-state index is 9.43. The summed E-state index contributed by atoms with van der Waals surface area (Å²) in [5, 5.41) is 2.12. The Morgan fingerprint density at radius 2 is 0.919 bits per heavy atom. The number of fused-ring (bicyclic) bond motifs is 6. The molecule has 0 N–H and O–H groups in total. The van der Waals surface area contributed by atoms with Crippen LogP contribution in [0.1, 0.15) is 11.0 Å². The molecule has 0 amide bonds. The zero-order valence-electron chi connectivity index (χ0n) is 40.9. The van der Waals surface area contributed by atoms with Crippen molar-refractivity contribution in [1.82, 2.24) is 19.5 Å². The number of hydrogen-bond donors (Lipinski definition) is 0. The van der Waals surface area contributed by atoms with E-state index in [9.17, 15) is 5.48 Å². The van der Waals surface area contributed by atoms with Gasteiger partial charge in [-0.1, -0.05) is 176 Å². The molecule has 0 fully saturated rings. The Labute approximate surface area is 374 Å². The number of hydrogen-bond acceptors (Lipinski definition) is 4. The zero-order valence-corrected chi connectivity index (χ0v) is 33.7. The van der Waals surface area contributed by atoms with Crippen LogP contribution >= 0.6 is 11.3 Å². The topological polar surface area (TPSA) is 43.6 Å². The lowest BCUT2D eigenvalue weighted by atomic mass is 9.98. The molecule has 0 unspecified atom stereocenters. The van der Waals surface area contributed by atoms with Crippen LogP contribution in [0.2, 0.25) is 0 Å².